The zero-order valence-electron chi connectivity index (χ0n) is 17.1. The van der Waals surface area contributed by atoms with Crippen molar-refractivity contribution in [3.05, 3.63) is 62.3 Å². The minimum atomic E-state index is -1.14. The van der Waals surface area contributed by atoms with Crippen LogP contribution < -0.4 is 4.74 Å². The summed E-state index contributed by atoms with van der Waals surface area (Å²) in [5, 5.41) is 9.43. The number of carboxylic acid groups (broad SMARTS) is 1. The van der Waals surface area contributed by atoms with E-state index < -0.39 is 5.97 Å². The number of rotatable bonds is 6. The monoisotopic (exact) mass is 556 g/mol. The van der Waals surface area contributed by atoms with Gasteiger partial charge in [0.15, 0.2) is 6.61 Å². The van der Waals surface area contributed by atoms with Gasteiger partial charge in [0.25, 0.3) is 5.91 Å². The van der Waals surface area contributed by atoms with Crippen LogP contribution in [0.5, 0.6) is 5.75 Å². The van der Waals surface area contributed by atoms with E-state index >= 15 is 0 Å². The highest BCUT2D eigenvalue weighted by molar-refractivity contribution is 9.11. The Morgan fingerprint density at radius 1 is 1.13 bits per heavy atom. The number of hydrogen-bond acceptors (Lipinski definition) is 4. The normalized spacial score (nSPS) is 19.3. The van der Waals surface area contributed by atoms with Gasteiger partial charge in [0.2, 0.25) is 0 Å². The van der Waals surface area contributed by atoms with Crippen LogP contribution in [0.3, 0.4) is 0 Å². The zero-order chi connectivity index (χ0) is 22.7. The number of carbonyl (C=O) groups excluding carboxylic acids is 1. The summed E-state index contributed by atoms with van der Waals surface area (Å²) in [4.78, 5) is 28.4. The lowest BCUT2D eigenvalue weighted by Gasteiger charge is -2.44. The van der Waals surface area contributed by atoms with Crippen molar-refractivity contribution in [2.75, 3.05) is 19.7 Å². The smallest absolute Gasteiger partial charge is 0.339 e. The SMILES string of the molecule is CC1CN(C(=O)COc2c(Br)cc(Br)cc2C(=O)O)C(C)CN1Cc1ccc(F)cc1. The van der Waals surface area contributed by atoms with Crippen LogP contribution in [0.2, 0.25) is 0 Å². The molecule has 1 amide bonds. The molecular weight excluding hydrogens is 535 g/mol. The van der Waals surface area contributed by atoms with Crippen LogP contribution in [-0.4, -0.2) is 58.6 Å². The number of aromatic carboxylic acids is 1. The molecule has 0 radical (unpaired) electrons. The molecule has 1 heterocycles. The standard InChI is InChI=1S/C22H23Br2FN2O4/c1-13-10-27(14(2)9-26(13)11-15-3-5-17(25)6-4-15)20(28)12-31-21-18(22(29)30)7-16(23)8-19(21)24/h3-8,13-14H,9-12H2,1-2H3,(H,29,30). The molecule has 2 aromatic rings. The molecule has 2 aromatic carbocycles. The van der Waals surface area contributed by atoms with E-state index in [9.17, 15) is 19.1 Å². The van der Waals surface area contributed by atoms with E-state index in [4.69, 9.17) is 4.74 Å². The molecule has 1 N–H and O–H groups in total. The predicted octanol–water partition coefficient (Wildman–Crippen LogP) is 4.55. The van der Waals surface area contributed by atoms with Crippen molar-refractivity contribution < 1.29 is 23.8 Å². The van der Waals surface area contributed by atoms with Gasteiger partial charge in [-0.2, -0.15) is 0 Å². The Kier molecular flexibility index (Phi) is 7.72. The first-order valence-electron chi connectivity index (χ1n) is 9.78. The Labute approximate surface area is 197 Å². The molecular formula is C22H23Br2FN2O4. The molecule has 1 aliphatic heterocycles. The molecule has 1 fully saturated rings. The van der Waals surface area contributed by atoms with Crippen LogP contribution in [0, 0.1) is 5.82 Å². The average molecular weight is 558 g/mol. The lowest BCUT2D eigenvalue weighted by molar-refractivity contribution is -0.139. The van der Waals surface area contributed by atoms with Gasteiger partial charge in [-0.3, -0.25) is 9.69 Å². The van der Waals surface area contributed by atoms with E-state index in [-0.39, 0.29) is 41.7 Å². The van der Waals surface area contributed by atoms with Crippen molar-refractivity contribution in [3.8, 4) is 5.75 Å². The van der Waals surface area contributed by atoms with Crippen LogP contribution in [0.4, 0.5) is 4.39 Å². The fourth-order valence-electron chi connectivity index (χ4n) is 3.67. The molecule has 0 aromatic heterocycles. The maximum absolute atomic E-state index is 13.1. The van der Waals surface area contributed by atoms with E-state index in [1.165, 1.54) is 18.2 Å². The average Bonchev–Trinajstić information content (AvgIpc) is 2.70. The number of ether oxygens (including phenoxy) is 1. The zero-order valence-corrected chi connectivity index (χ0v) is 20.3. The third-order valence-corrected chi connectivity index (χ3v) is 6.36. The minimum Gasteiger partial charge on any atom is -0.482 e. The van der Waals surface area contributed by atoms with Crippen LogP contribution in [0.1, 0.15) is 29.8 Å². The van der Waals surface area contributed by atoms with Crippen LogP contribution >= 0.6 is 31.9 Å². The highest BCUT2D eigenvalue weighted by Gasteiger charge is 2.32. The number of nitrogens with zero attached hydrogens (tertiary/aromatic N) is 2. The quantitative estimate of drug-likeness (QED) is 0.564. The largest absolute Gasteiger partial charge is 0.482 e. The van der Waals surface area contributed by atoms with Gasteiger partial charge in [-0.1, -0.05) is 28.1 Å². The highest BCUT2D eigenvalue weighted by atomic mass is 79.9. The van der Waals surface area contributed by atoms with E-state index in [1.54, 1.807) is 23.1 Å². The van der Waals surface area contributed by atoms with Crippen LogP contribution in [-0.2, 0) is 11.3 Å². The summed E-state index contributed by atoms with van der Waals surface area (Å²) in [7, 11) is 0. The first-order valence-corrected chi connectivity index (χ1v) is 11.4. The van der Waals surface area contributed by atoms with Gasteiger partial charge in [0.05, 0.1) is 4.47 Å². The molecule has 0 saturated carbocycles. The summed E-state index contributed by atoms with van der Waals surface area (Å²) in [6.45, 7) is 5.64. The highest BCUT2D eigenvalue weighted by Crippen LogP contribution is 2.33. The maximum atomic E-state index is 13.1. The fraction of sp³-hybridized carbons (Fsp3) is 0.364. The molecule has 2 unspecified atom stereocenters. The molecule has 0 spiro atoms. The van der Waals surface area contributed by atoms with Crippen molar-refractivity contribution in [1.29, 1.82) is 0 Å². The predicted molar refractivity (Wildman–Crippen MR) is 122 cm³/mol. The Morgan fingerprint density at radius 3 is 2.45 bits per heavy atom. The summed E-state index contributed by atoms with van der Waals surface area (Å²) in [6, 6.07) is 9.62. The number of amides is 1. The second-order valence-corrected chi connectivity index (χ2v) is 9.43. The summed E-state index contributed by atoms with van der Waals surface area (Å²) >= 11 is 6.56. The Bertz CT molecular complexity index is 971. The molecule has 0 bridgehead atoms. The summed E-state index contributed by atoms with van der Waals surface area (Å²) < 4.78 is 19.8. The number of piperazine rings is 1. The van der Waals surface area contributed by atoms with Gasteiger partial charge >= 0.3 is 5.97 Å². The van der Waals surface area contributed by atoms with E-state index in [2.05, 4.69) is 36.8 Å². The molecule has 9 heteroatoms. The number of carboxylic acids is 1. The Hall–Kier alpha value is -1.97. The molecule has 3 rings (SSSR count). The van der Waals surface area contributed by atoms with Gasteiger partial charge in [-0.05, 0) is 59.6 Å². The Balaban J connectivity index is 1.63. The molecule has 31 heavy (non-hydrogen) atoms. The van der Waals surface area contributed by atoms with Crippen molar-refractivity contribution in [2.45, 2.75) is 32.5 Å². The number of carbonyl (C=O) groups is 2. The molecule has 1 saturated heterocycles. The summed E-state index contributed by atoms with van der Waals surface area (Å²) in [5.74, 6) is -1.48. The van der Waals surface area contributed by atoms with Crippen molar-refractivity contribution in [1.82, 2.24) is 9.80 Å². The lowest BCUT2D eigenvalue weighted by Crippen LogP contribution is -2.58. The second-order valence-electron chi connectivity index (χ2n) is 7.66. The number of hydrogen-bond donors (Lipinski definition) is 1. The third kappa shape index (κ3) is 5.84. The molecule has 1 aliphatic rings. The van der Waals surface area contributed by atoms with Crippen LogP contribution in [0.25, 0.3) is 0 Å². The fourth-order valence-corrected chi connectivity index (χ4v) is 5.01. The molecule has 166 valence electrons. The van der Waals surface area contributed by atoms with Gasteiger partial charge in [-0.15, -0.1) is 0 Å². The number of halogens is 3. The maximum Gasteiger partial charge on any atom is 0.339 e. The van der Waals surface area contributed by atoms with Crippen molar-refractivity contribution in [2.24, 2.45) is 0 Å². The Morgan fingerprint density at radius 2 is 1.81 bits per heavy atom. The van der Waals surface area contributed by atoms with Crippen LogP contribution in [0.15, 0.2) is 45.3 Å². The van der Waals surface area contributed by atoms with Gasteiger partial charge in [0.1, 0.15) is 17.1 Å². The van der Waals surface area contributed by atoms with Gasteiger partial charge in [0, 0.05) is 36.2 Å². The molecule has 0 aliphatic carbocycles. The molecule has 6 nitrogen and oxygen atoms in total. The summed E-state index contributed by atoms with van der Waals surface area (Å²) in [6.07, 6.45) is 0. The summed E-state index contributed by atoms with van der Waals surface area (Å²) in [5.41, 5.74) is 0.990. The van der Waals surface area contributed by atoms with Crippen molar-refractivity contribution in [3.63, 3.8) is 0 Å². The molecule has 2 atom stereocenters. The van der Waals surface area contributed by atoms with Crippen molar-refractivity contribution >= 4 is 43.7 Å². The van der Waals surface area contributed by atoms with E-state index in [1.807, 2.05) is 13.8 Å². The van der Waals surface area contributed by atoms with E-state index in [0.29, 0.717) is 28.6 Å². The first kappa shape index (κ1) is 23.7. The topological polar surface area (TPSA) is 70.1 Å². The van der Waals surface area contributed by atoms with E-state index in [0.717, 1.165) is 5.56 Å². The minimum absolute atomic E-state index is 0.0282. The third-order valence-electron chi connectivity index (χ3n) is 5.31. The number of benzene rings is 2. The lowest BCUT2D eigenvalue weighted by atomic mass is 10.1. The first-order chi connectivity index (χ1) is 14.7. The second kappa shape index (κ2) is 10.1. The van der Waals surface area contributed by atoms with Gasteiger partial charge < -0.3 is 14.7 Å². The van der Waals surface area contributed by atoms with Gasteiger partial charge in [-0.25, -0.2) is 9.18 Å².